The molecule has 0 unspecified atom stereocenters. The molecule has 2 amide bonds. The number of anilines is 4. The first-order valence-corrected chi connectivity index (χ1v) is 24.3. The Kier molecular flexibility index (Phi) is 18.3. The zero-order valence-electron chi connectivity index (χ0n) is 39.5. The zero-order chi connectivity index (χ0) is 49.6. The normalized spacial score (nSPS) is 14.9. The predicted octanol–water partition coefficient (Wildman–Crippen LogP) is 8.35. The van der Waals surface area contributed by atoms with Crippen molar-refractivity contribution in [3.63, 3.8) is 0 Å². The number of aliphatic hydroxyl groups excluding tert-OH is 2. The molecular weight excluding hydrogens is 970 g/mol. The molecule has 0 aliphatic carbocycles. The van der Waals surface area contributed by atoms with Gasteiger partial charge >= 0.3 is 6.36 Å². The van der Waals surface area contributed by atoms with Gasteiger partial charge in [-0.3, -0.25) is 19.4 Å². The molecule has 2 aliphatic heterocycles. The molecule has 0 atom stereocenters. The fourth-order valence-electron chi connectivity index (χ4n) is 8.58. The van der Waals surface area contributed by atoms with Crippen LogP contribution >= 0.6 is 15.9 Å². The maximum absolute atomic E-state index is 12.5. The summed E-state index contributed by atoms with van der Waals surface area (Å²) in [6.45, 7) is 13.2. The average Bonchev–Trinajstić information content (AvgIpc) is 3.72. The van der Waals surface area contributed by atoms with Crippen molar-refractivity contribution in [1.82, 2.24) is 19.8 Å². The quantitative estimate of drug-likeness (QED) is 0.0782. The number of β-amino-alcohol motifs (C(OH)–C–C–N with tert-alkyl or cyclic N) is 2. The Morgan fingerprint density at radius 3 is 1.64 bits per heavy atom. The highest BCUT2D eigenvalue weighted by Crippen LogP contribution is 2.29. The standard InChI is InChI=1S/C27H31F3N4O3.C25H29BrN4O3/c1-19-17-25(34-12-2-11-33(13-14-34)15-16-35)32-24-9-6-21(18-23(19)24)31-26(36)10-5-20-3-7-22(8-4-20)37-27(28,29)30;1-18-15-24(30-10-2-9-29(11-12-30)13-14-31)28-23-8-5-20(16-22(18)23)27-25(32)17-33-21-6-3-19(26)4-7-21/h3-4,6-9,17-18,35H,2,5,10-16H2,1H3,(H,31,36);3-8,15-16,31H,2,9-14,17H2,1H3,(H,27,32). The van der Waals surface area contributed by atoms with Crippen molar-refractivity contribution < 1.29 is 42.4 Å². The van der Waals surface area contributed by atoms with Crippen LogP contribution in [0, 0.1) is 13.8 Å². The molecule has 372 valence electrons. The van der Waals surface area contributed by atoms with Crippen LogP contribution in [0.2, 0.25) is 0 Å². The summed E-state index contributed by atoms with van der Waals surface area (Å²) < 4.78 is 47.3. The molecule has 18 heteroatoms. The van der Waals surface area contributed by atoms with E-state index >= 15 is 0 Å². The Morgan fingerprint density at radius 2 is 1.14 bits per heavy atom. The van der Waals surface area contributed by atoms with E-state index in [0.29, 0.717) is 24.4 Å². The van der Waals surface area contributed by atoms with Crippen molar-refractivity contribution in [2.75, 3.05) is 106 Å². The van der Waals surface area contributed by atoms with E-state index in [1.807, 2.05) is 67.6 Å². The van der Waals surface area contributed by atoms with Gasteiger partial charge in [-0.05, 0) is 148 Å². The number of carbonyl (C=O) groups excluding carboxylic acids is 2. The number of halogens is 4. The van der Waals surface area contributed by atoms with Crippen LogP contribution < -0.4 is 29.9 Å². The van der Waals surface area contributed by atoms with Crippen LogP contribution in [0.5, 0.6) is 11.5 Å². The molecule has 0 saturated carbocycles. The van der Waals surface area contributed by atoms with Crippen molar-refractivity contribution in [3.05, 3.63) is 118 Å². The number of amides is 2. The highest BCUT2D eigenvalue weighted by molar-refractivity contribution is 9.10. The lowest BCUT2D eigenvalue weighted by molar-refractivity contribution is -0.274. The molecule has 4 N–H and O–H groups in total. The molecule has 2 aromatic heterocycles. The highest BCUT2D eigenvalue weighted by Gasteiger charge is 2.31. The minimum Gasteiger partial charge on any atom is -0.484 e. The number of rotatable bonds is 15. The van der Waals surface area contributed by atoms with E-state index in [2.05, 4.69) is 70.0 Å². The number of carbonyl (C=O) groups is 2. The minimum atomic E-state index is -4.73. The third-order valence-electron chi connectivity index (χ3n) is 12.2. The first-order chi connectivity index (χ1) is 33.7. The number of aromatic nitrogens is 2. The molecule has 0 spiro atoms. The molecule has 4 aromatic carbocycles. The fourth-order valence-corrected chi connectivity index (χ4v) is 8.84. The Morgan fingerprint density at radius 1 is 0.643 bits per heavy atom. The number of aliphatic hydroxyl groups is 2. The van der Waals surface area contributed by atoms with Gasteiger partial charge in [-0.25, -0.2) is 9.97 Å². The van der Waals surface area contributed by atoms with E-state index < -0.39 is 6.36 Å². The number of fused-ring (bicyclic) bond motifs is 2. The van der Waals surface area contributed by atoms with Crippen molar-refractivity contribution in [2.45, 2.75) is 45.9 Å². The largest absolute Gasteiger partial charge is 0.573 e. The Hall–Kier alpha value is -6.05. The Bertz CT molecular complexity index is 2700. The summed E-state index contributed by atoms with van der Waals surface area (Å²) in [6.07, 6.45) is -2.09. The number of ether oxygens (including phenoxy) is 2. The van der Waals surface area contributed by atoms with E-state index in [1.54, 1.807) is 0 Å². The van der Waals surface area contributed by atoms with Crippen molar-refractivity contribution in [1.29, 1.82) is 0 Å². The average molecular weight is 1030 g/mol. The van der Waals surface area contributed by atoms with E-state index in [0.717, 1.165) is 132 Å². The lowest BCUT2D eigenvalue weighted by Gasteiger charge is -2.23. The van der Waals surface area contributed by atoms with Crippen LogP contribution in [0.25, 0.3) is 21.8 Å². The molecule has 14 nitrogen and oxygen atoms in total. The number of pyridine rings is 2. The number of benzene rings is 4. The Labute approximate surface area is 414 Å². The third-order valence-corrected chi connectivity index (χ3v) is 12.7. The van der Waals surface area contributed by atoms with E-state index in [1.165, 1.54) is 24.3 Å². The van der Waals surface area contributed by atoms with E-state index in [4.69, 9.17) is 14.7 Å². The van der Waals surface area contributed by atoms with Crippen LogP contribution in [0.1, 0.15) is 36.0 Å². The molecule has 6 aromatic rings. The van der Waals surface area contributed by atoms with Gasteiger partial charge in [-0.15, -0.1) is 13.2 Å². The summed E-state index contributed by atoms with van der Waals surface area (Å²) in [5.41, 5.74) is 6.07. The summed E-state index contributed by atoms with van der Waals surface area (Å²) in [5, 5.41) is 26.2. The van der Waals surface area contributed by atoms with E-state index in [-0.39, 0.29) is 43.8 Å². The minimum absolute atomic E-state index is 0.0574. The van der Waals surface area contributed by atoms with Gasteiger partial charge in [0.15, 0.2) is 6.61 Å². The number of nitrogens with zero attached hydrogens (tertiary/aromatic N) is 6. The summed E-state index contributed by atoms with van der Waals surface area (Å²) in [4.78, 5) is 43.8. The second-order valence-corrected chi connectivity index (χ2v) is 18.3. The number of alkyl halides is 3. The maximum atomic E-state index is 12.5. The first kappa shape index (κ1) is 51.8. The molecule has 2 saturated heterocycles. The van der Waals surface area contributed by atoms with Crippen molar-refractivity contribution >= 4 is 72.6 Å². The smallest absolute Gasteiger partial charge is 0.484 e. The van der Waals surface area contributed by atoms with Crippen LogP contribution in [-0.4, -0.2) is 133 Å². The van der Waals surface area contributed by atoms with Gasteiger partial charge in [-0.1, -0.05) is 28.1 Å². The lowest BCUT2D eigenvalue weighted by atomic mass is 10.1. The zero-order valence-corrected chi connectivity index (χ0v) is 41.1. The van der Waals surface area contributed by atoms with Crippen LogP contribution in [0.4, 0.5) is 36.2 Å². The number of hydrogen-bond donors (Lipinski definition) is 4. The SMILES string of the molecule is Cc1cc(N2CCCN(CCO)CC2)nc2ccc(NC(=O)CCc3ccc(OC(F)(F)F)cc3)cc12.Cc1cc(N2CCCN(CCO)CC2)nc2ccc(NC(=O)COc3ccc(Br)cc3)cc12. The van der Waals surface area contributed by atoms with Gasteiger partial charge in [0.1, 0.15) is 23.1 Å². The van der Waals surface area contributed by atoms with Crippen LogP contribution in [0.3, 0.4) is 0 Å². The molecule has 2 fully saturated rings. The fraction of sp³-hybridized carbons (Fsp3) is 0.385. The molecule has 2 aliphatic rings. The van der Waals surface area contributed by atoms with Crippen molar-refractivity contribution in [3.8, 4) is 11.5 Å². The summed E-state index contributed by atoms with van der Waals surface area (Å²) in [6, 6.07) is 28.5. The molecule has 4 heterocycles. The first-order valence-electron chi connectivity index (χ1n) is 23.5. The number of hydrogen-bond acceptors (Lipinski definition) is 12. The predicted molar refractivity (Wildman–Crippen MR) is 272 cm³/mol. The van der Waals surface area contributed by atoms with Gasteiger partial charge in [0.2, 0.25) is 5.91 Å². The van der Waals surface area contributed by atoms with Gasteiger partial charge in [0, 0.05) is 85.4 Å². The number of aryl methyl sites for hydroxylation is 3. The summed E-state index contributed by atoms with van der Waals surface area (Å²) >= 11 is 3.38. The number of nitrogens with one attached hydrogen (secondary N) is 2. The topological polar surface area (TPSA) is 156 Å². The summed E-state index contributed by atoms with van der Waals surface area (Å²) in [7, 11) is 0. The third kappa shape index (κ3) is 15.2. The lowest BCUT2D eigenvalue weighted by Crippen LogP contribution is -2.32. The van der Waals surface area contributed by atoms with Crippen LogP contribution in [-0.2, 0) is 16.0 Å². The van der Waals surface area contributed by atoms with Crippen molar-refractivity contribution in [2.24, 2.45) is 0 Å². The molecule has 0 radical (unpaired) electrons. The van der Waals surface area contributed by atoms with Gasteiger partial charge < -0.3 is 40.1 Å². The molecule has 70 heavy (non-hydrogen) atoms. The molecule has 0 bridgehead atoms. The highest BCUT2D eigenvalue weighted by atomic mass is 79.9. The maximum Gasteiger partial charge on any atom is 0.573 e. The van der Waals surface area contributed by atoms with Crippen LogP contribution in [0.15, 0.2) is 102 Å². The second-order valence-electron chi connectivity index (χ2n) is 17.4. The van der Waals surface area contributed by atoms with Gasteiger partial charge in [0.05, 0.1) is 24.2 Å². The summed E-state index contributed by atoms with van der Waals surface area (Å²) in [5.74, 6) is 1.87. The molecular formula is C52H60BrF3N8O6. The van der Waals surface area contributed by atoms with Gasteiger partial charge in [-0.2, -0.15) is 0 Å². The van der Waals surface area contributed by atoms with Gasteiger partial charge in [0.25, 0.3) is 5.91 Å². The van der Waals surface area contributed by atoms with E-state index in [9.17, 15) is 33.0 Å². The molecule has 8 rings (SSSR count). The monoisotopic (exact) mass is 1030 g/mol. The second kappa shape index (κ2) is 24.7. The Balaban J connectivity index is 0.000000208.